The lowest BCUT2D eigenvalue weighted by Gasteiger charge is -2.30. The van der Waals surface area contributed by atoms with Crippen molar-refractivity contribution in [3.63, 3.8) is 0 Å². The Morgan fingerprint density at radius 2 is 1.32 bits per heavy atom. The average Bonchev–Trinajstić information content (AvgIpc) is 4.14. The van der Waals surface area contributed by atoms with E-state index in [0.29, 0.717) is 17.8 Å². The molecule has 4 aromatic carbocycles. The van der Waals surface area contributed by atoms with Crippen LogP contribution < -0.4 is 9.80 Å². The molecule has 4 aromatic rings. The third kappa shape index (κ3) is 8.13. The molecule has 0 aliphatic heterocycles. The monoisotopic (exact) mass is 688 g/mol. The fourth-order valence-corrected chi connectivity index (χ4v) is 7.69. The molecule has 5 aliphatic carbocycles. The van der Waals surface area contributed by atoms with Crippen LogP contribution in [0.15, 0.2) is 200 Å². The molecule has 0 spiro atoms. The van der Waals surface area contributed by atoms with Crippen LogP contribution in [0.25, 0.3) is 18.2 Å². The molecular weight excluding hydrogens is 641 g/mol. The predicted molar refractivity (Wildman–Crippen MR) is 227 cm³/mol. The largest absolute Gasteiger partial charge is 0.365 e. The summed E-state index contributed by atoms with van der Waals surface area (Å²) in [4.78, 5) is 4.89. The molecule has 2 saturated carbocycles. The maximum Gasteiger partial charge on any atom is 0.0654 e. The van der Waals surface area contributed by atoms with E-state index in [2.05, 4.69) is 187 Å². The van der Waals surface area contributed by atoms with Crippen molar-refractivity contribution in [1.29, 1.82) is 0 Å². The van der Waals surface area contributed by atoms with E-state index in [1.54, 1.807) is 0 Å². The van der Waals surface area contributed by atoms with Gasteiger partial charge in [-0.2, -0.15) is 0 Å². The molecule has 2 fully saturated rings. The van der Waals surface area contributed by atoms with Crippen LogP contribution in [-0.2, 0) is 6.42 Å². The molecule has 0 N–H and O–H groups in total. The van der Waals surface area contributed by atoms with Crippen LogP contribution in [-0.4, -0.2) is 12.6 Å². The summed E-state index contributed by atoms with van der Waals surface area (Å²) in [5, 5.41) is 0. The summed E-state index contributed by atoms with van der Waals surface area (Å²) >= 11 is 0. The van der Waals surface area contributed by atoms with Gasteiger partial charge in [0.15, 0.2) is 0 Å². The number of benzene rings is 4. The zero-order valence-electron chi connectivity index (χ0n) is 30.6. The van der Waals surface area contributed by atoms with E-state index in [-0.39, 0.29) is 5.54 Å². The molecule has 0 bridgehead atoms. The molecule has 2 nitrogen and oxygen atoms in total. The summed E-state index contributed by atoms with van der Waals surface area (Å²) in [5.74, 6) is 1.99. The Labute approximate surface area is 316 Å². The van der Waals surface area contributed by atoms with Gasteiger partial charge in [-0.15, -0.1) is 0 Å². The molecule has 0 radical (unpaired) electrons. The topological polar surface area (TPSA) is 6.48 Å². The van der Waals surface area contributed by atoms with Gasteiger partial charge in [-0.1, -0.05) is 164 Å². The van der Waals surface area contributed by atoms with Gasteiger partial charge in [0.25, 0.3) is 0 Å². The Balaban J connectivity index is 0.000000609. The van der Waals surface area contributed by atoms with Crippen molar-refractivity contribution in [3.8, 4) is 0 Å². The zero-order valence-corrected chi connectivity index (χ0v) is 30.6. The molecule has 0 heterocycles. The standard InChI is InChI=1S/C45H42N2.C6H6/c1-46(45-31-7-6-13-39(45)33-45)40-27-23-37(24-28-40)22-21-36-19-17-34(18-20-36)10-8-11-35-25-29-42(30-26-35)47(41-14-4-2-3-5-15-41)44-16-9-12-38-32-43(38)44;1-2-4-6-5-3-1/h2,4-10,12-31,38-39,43H,3,11,32-33H2,1H3;1-6H/b10-8+,22-21+;. The van der Waals surface area contributed by atoms with Gasteiger partial charge in [-0.25, -0.2) is 0 Å². The van der Waals surface area contributed by atoms with Crippen LogP contribution in [0.4, 0.5) is 11.4 Å². The Morgan fingerprint density at radius 1 is 0.660 bits per heavy atom. The first-order chi connectivity index (χ1) is 26.2. The number of rotatable bonds is 10. The van der Waals surface area contributed by atoms with Crippen molar-refractivity contribution in [1.82, 2.24) is 0 Å². The minimum absolute atomic E-state index is 0.182. The van der Waals surface area contributed by atoms with Gasteiger partial charge in [-0.05, 0) is 96.3 Å². The lowest BCUT2D eigenvalue weighted by atomic mass is 10.0. The van der Waals surface area contributed by atoms with Gasteiger partial charge in [0.2, 0.25) is 0 Å². The molecule has 5 aliphatic rings. The van der Waals surface area contributed by atoms with Crippen molar-refractivity contribution in [2.24, 2.45) is 17.8 Å². The van der Waals surface area contributed by atoms with Crippen molar-refractivity contribution in [2.45, 2.75) is 31.2 Å². The number of hydrogen-bond acceptors (Lipinski definition) is 2. The first kappa shape index (κ1) is 34.2. The van der Waals surface area contributed by atoms with E-state index in [1.807, 2.05) is 36.4 Å². The highest BCUT2D eigenvalue weighted by Crippen LogP contribution is 2.53. The highest BCUT2D eigenvalue weighted by Gasteiger charge is 2.54. The van der Waals surface area contributed by atoms with Crippen molar-refractivity contribution in [2.75, 3.05) is 16.8 Å². The van der Waals surface area contributed by atoms with Crippen molar-refractivity contribution >= 4 is 29.6 Å². The minimum Gasteiger partial charge on any atom is -0.365 e. The Morgan fingerprint density at radius 3 is 2.02 bits per heavy atom. The second-order valence-corrected chi connectivity index (χ2v) is 14.6. The Kier molecular flexibility index (Phi) is 10.2. The number of anilines is 2. The quantitative estimate of drug-likeness (QED) is 0.153. The number of likely N-dealkylation sites (N-methyl/N-ethyl adjacent to an activating group) is 1. The molecule has 0 aromatic heterocycles. The summed E-state index contributed by atoms with van der Waals surface area (Å²) < 4.78 is 0. The molecule has 4 unspecified atom stereocenters. The normalized spacial score (nSPS) is 23.0. The third-order valence-corrected chi connectivity index (χ3v) is 11.0. The zero-order chi connectivity index (χ0) is 35.9. The first-order valence-electron chi connectivity index (χ1n) is 19.1. The fourth-order valence-electron chi connectivity index (χ4n) is 7.69. The maximum atomic E-state index is 2.46. The highest BCUT2D eigenvalue weighted by atomic mass is 15.2. The summed E-state index contributed by atoms with van der Waals surface area (Å²) in [6.07, 6.45) is 40.4. The molecular formula is C51H48N2. The predicted octanol–water partition coefficient (Wildman–Crippen LogP) is 12.4. The van der Waals surface area contributed by atoms with Gasteiger partial charge in [0, 0.05) is 41.7 Å². The summed E-state index contributed by atoms with van der Waals surface area (Å²) in [5.41, 5.74) is 10.3. The van der Waals surface area contributed by atoms with Gasteiger partial charge >= 0.3 is 0 Å². The van der Waals surface area contributed by atoms with Crippen molar-refractivity contribution in [3.05, 3.63) is 222 Å². The van der Waals surface area contributed by atoms with E-state index in [9.17, 15) is 0 Å². The summed E-state index contributed by atoms with van der Waals surface area (Å²) in [7, 11) is 2.22. The molecule has 262 valence electrons. The molecule has 9 rings (SSSR count). The SMILES string of the molecule is CN(c1ccc(/C=C/c2ccc(/C=C/Cc3ccc(N(C4=CC=CCC=C4)C4=CC=CC5CC45)cc3)cc2)cc1)C12C=CC=CC1C2.c1ccccc1. The van der Waals surface area contributed by atoms with E-state index >= 15 is 0 Å². The molecule has 4 atom stereocenters. The molecule has 0 amide bonds. The Hall–Kier alpha value is -5.86. The van der Waals surface area contributed by atoms with Crippen LogP contribution in [0.5, 0.6) is 0 Å². The first-order valence-corrected chi connectivity index (χ1v) is 19.1. The summed E-state index contributed by atoms with van der Waals surface area (Å²) in [6.45, 7) is 0. The number of fused-ring (bicyclic) bond motifs is 2. The third-order valence-electron chi connectivity index (χ3n) is 11.0. The number of allylic oxidation sites excluding steroid dienone is 12. The van der Waals surface area contributed by atoms with Gasteiger partial charge < -0.3 is 9.80 Å². The average molecular weight is 689 g/mol. The smallest absolute Gasteiger partial charge is 0.0654 e. The second kappa shape index (κ2) is 15.8. The van der Waals surface area contributed by atoms with E-state index < -0.39 is 0 Å². The van der Waals surface area contributed by atoms with E-state index in [1.165, 1.54) is 57.9 Å². The number of nitrogens with zero attached hydrogens (tertiary/aromatic N) is 2. The maximum absolute atomic E-state index is 2.46. The van der Waals surface area contributed by atoms with Crippen molar-refractivity contribution < 1.29 is 0 Å². The summed E-state index contributed by atoms with van der Waals surface area (Å²) in [6, 6.07) is 38.8. The lowest BCUT2D eigenvalue weighted by Crippen LogP contribution is -2.34. The van der Waals surface area contributed by atoms with Crippen LogP contribution >= 0.6 is 0 Å². The van der Waals surface area contributed by atoms with Crippen LogP contribution in [0.1, 0.15) is 41.5 Å². The number of hydrogen-bond donors (Lipinski definition) is 0. The van der Waals surface area contributed by atoms with Crippen LogP contribution in [0.2, 0.25) is 0 Å². The minimum atomic E-state index is 0.182. The molecule has 0 saturated heterocycles. The van der Waals surface area contributed by atoms with Gasteiger partial charge in [-0.3, -0.25) is 0 Å². The van der Waals surface area contributed by atoms with E-state index in [0.717, 1.165) is 12.8 Å². The molecule has 2 heteroatoms. The lowest BCUT2D eigenvalue weighted by molar-refractivity contribution is 0.720. The van der Waals surface area contributed by atoms with Crippen LogP contribution in [0.3, 0.4) is 0 Å². The van der Waals surface area contributed by atoms with Gasteiger partial charge in [0.05, 0.1) is 5.54 Å². The van der Waals surface area contributed by atoms with E-state index in [4.69, 9.17) is 0 Å². The Bertz CT molecular complexity index is 2110. The van der Waals surface area contributed by atoms with Crippen LogP contribution in [0, 0.1) is 17.8 Å². The second-order valence-electron chi connectivity index (χ2n) is 14.6. The highest BCUT2D eigenvalue weighted by molar-refractivity contribution is 5.72. The van der Waals surface area contributed by atoms with Gasteiger partial charge in [0.1, 0.15) is 0 Å². The fraction of sp³-hybridized carbons (Fsp3) is 0.176. The molecule has 53 heavy (non-hydrogen) atoms.